The summed E-state index contributed by atoms with van der Waals surface area (Å²) >= 11 is 0. The SMILES string of the molecule is C=CCCCCCn1cnc2c1c(=O)n(C)c(=O)n2CC. The third-order valence-corrected chi connectivity index (χ3v) is 3.72. The highest BCUT2D eigenvalue weighted by Gasteiger charge is 2.14. The van der Waals surface area contributed by atoms with Crippen LogP contribution in [0.5, 0.6) is 0 Å². The van der Waals surface area contributed by atoms with Crippen molar-refractivity contribution in [2.24, 2.45) is 7.05 Å². The largest absolute Gasteiger partial charge is 0.332 e. The number of aryl methyl sites for hydroxylation is 2. The van der Waals surface area contributed by atoms with E-state index < -0.39 is 0 Å². The van der Waals surface area contributed by atoms with Crippen LogP contribution in [0.15, 0.2) is 28.6 Å². The zero-order chi connectivity index (χ0) is 15.4. The van der Waals surface area contributed by atoms with Crippen molar-refractivity contribution >= 4 is 11.2 Å². The Labute approximate surface area is 123 Å². The summed E-state index contributed by atoms with van der Waals surface area (Å²) in [4.78, 5) is 28.6. The molecular weight excluding hydrogens is 268 g/mol. The minimum absolute atomic E-state index is 0.275. The van der Waals surface area contributed by atoms with Gasteiger partial charge in [0.05, 0.1) is 6.33 Å². The highest BCUT2D eigenvalue weighted by Crippen LogP contribution is 2.09. The van der Waals surface area contributed by atoms with Crippen LogP contribution in [0, 0.1) is 0 Å². The lowest BCUT2D eigenvalue weighted by Crippen LogP contribution is -2.38. The van der Waals surface area contributed by atoms with E-state index in [4.69, 9.17) is 0 Å². The van der Waals surface area contributed by atoms with Crippen LogP contribution in [-0.4, -0.2) is 18.7 Å². The first-order chi connectivity index (χ1) is 10.1. The average Bonchev–Trinajstić information content (AvgIpc) is 2.89. The molecule has 6 heteroatoms. The van der Waals surface area contributed by atoms with Crippen LogP contribution in [0.25, 0.3) is 11.2 Å². The van der Waals surface area contributed by atoms with E-state index in [0.717, 1.165) is 36.8 Å². The molecule has 114 valence electrons. The Morgan fingerprint density at radius 1 is 1.29 bits per heavy atom. The number of rotatable bonds is 7. The molecule has 0 radical (unpaired) electrons. The van der Waals surface area contributed by atoms with Gasteiger partial charge < -0.3 is 4.57 Å². The molecule has 0 aliphatic carbocycles. The number of unbranched alkanes of at least 4 members (excludes halogenated alkanes) is 3. The molecule has 0 N–H and O–H groups in total. The van der Waals surface area contributed by atoms with Gasteiger partial charge in [0.2, 0.25) is 0 Å². The van der Waals surface area contributed by atoms with E-state index in [-0.39, 0.29) is 11.2 Å². The molecule has 0 saturated carbocycles. The van der Waals surface area contributed by atoms with E-state index in [1.54, 1.807) is 6.33 Å². The highest BCUT2D eigenvalue weighted by molar-refractivity contribution is 5.70. The molecule has 0 fully saturated rings. The van der Waals surface area contributed by atoms with Crippen LogP contribution in [0.1, 0.15) is 32.6 Å². The van der Waals surface area contributed by atoms with Gasteiger partial charge in [0.15, 0.2) is 11.2 Å². The van der Waals surface area contributed by atoms with Crippen molar-refractivity contribution in [2.75, 3.05) is 0 Å². The number of hydrogen-bond acceptors (Lipinski definition) is 3. The predicted octanol–water partition coefficient (Wildman–Crippen LogP) is 1.66. The molecule has 2 rings (SSSR count). The first kappa shape index (κ1) is 15.3. The van der Waals surface area contributed by atoms with Crippen molar-refractivity contribution in [3.05, 3.63) is 39.8 Å². The second kappa shape index (κ2) is 6.56. The van der Waals surface area contributed by atoms with E-state index >= 15 is 0 Å². The van der Waals surface area contributed by atoms with Gasteiger partial charge in [0.25, 0.3) is 5.56 Å². The fraction of sp³-hybridized carbons (Fsp3) is 0.533. The van der Waals surface area contributed by atoms with Gasteiger partial charge in [-0.15, -0.1) is 6.58 Å². The summed E-state index contributed by atoms with van der Waals surface area (Å²) < 4.78 is 4.55. The third kappa shape index (κ3) is 2.84. The van der Waals surface area contributed by atoms with Crippen molar-refractivity contribution in [2.45, 2.75) is 45.7 Å². The average molecular weight is 290 g/mol. The Bertz CT molecular complexity index is 751. The number of aromatic nitrogens is 4. The summed E-state index contributed by atoms with van der Waals surface area (Å²) in [5.74, 6) is 0. The first-order valence-electron chi connectivity index (χ1n) is 7.37. The Balaban J connectivity index is 2.35. The van der Waals surface area contributed by atoms with Crippen LogP contribution in [0.2, 0.25) is 0 Å². The smallest absolute Gasteiger partial charge is 0.325 e. The molecule has 6 nitrogen and oxygen atoms in total. The maximum absolute atomic E-state index is 12.3. The Morgan fingerprint density at radius 2 is 2.05 bits per heavy atom. The van der Waals surface area contributed by atoms with Gasteiger partial charge in [-0.1, -0.05) is 12.5 Å². The Morgan fingerprint density at radius 3 is 2.71 bits per heavy atom. The van der Waals surface area contributed by atoms with Gasteiger partial charge in [-0.25, -0.2) is 9.78 Å². The maximum Gasteiger partial charge on any atom is 0.332 e. The van der Waals surface area contributed by atoms with Gasteiger partial charge in [0.1, 0.15) is 0 Å². The van der Waals surface area contributed by atoms with Gasteiger partial charge >= 0.3 is 5.69 Å². The minimum atomic E-state index is -0.314. The molecule has 0 atom stereocenters. The van der Waals surface area contributed by atoms with Crippen molar-refractivity contribution in [1.82, 2.24) is 18.7 Å². The van der Waals surface area contributed by atoms with Gasteiger partial charge in [-0.05, 0) is 26.2 Å². The molecule has 0 amide bonds. The van der Waals surface area contributed by atoms with Gasteiger partial charge in [0, 0.05) is 20.1 Å². The second-order valence-corrected chi connectivity index (χ2v) is 5.14. The lowest BCUT2D eigenvalue weighted by Gasteiger charge is -2.08. The van der Waals surface area contributed by atoms with E-state index in [2.05, 4.69) is 11.6 Å². The van der Waals surface area contributed by atoms with Crippen LogP contribution >= 0.6 is 0 Å². The molecule has 2 aromatic rings. The van der Waals surface area contributed by atoms with E-state index in [9.17, 15) is 9.59 Å². The third-order valence-electron chi connectivity index (χ3n) is 3.72. The van der Waals surface area contributed by atoms with Crippen LogP contribution < -0.4 is 11.2 Å². The fourth-order valence-electron chi connectivity index (χ4n) is 2.51. The molecule has 0 saturated heterocycles. The maximum atomic E-state index is 12.3. The lowest BCUT2D eigenvalue weighted by atomic mass is 10.2. The Kier molecular flexibility index (Phi) is 4.77. The van der Waals surface area contributed by atoms with E-state index in [1.165, 1.54) is 11.6 Å². The van der Waals surface area contributed by atoms with Crippen LogP contribution in [0.3, 0.4) is 0 Å². The number of hydrogen-bond donors (Lipinski definition) is 0. The molecule has 2 aromatic heterocycles. The number of fused-ring (bicyclic) bond motifs is 1. The summed E-state index contributed by atoms with van der Waals surface area (Å²) in [5.41, 5.74) is 0.411. The number of imidazole rings is 1. The molecule has 0 spiro atoms. The molecule has 2 heterocycles. The zero-order valence-corrected chi connectivity index (χ0v) is 12.7. The quantitative estimate of drug-likeness (QED) is 0.575. The van der Waals surface area contributed by atoms with E-state index in [1.807, 2.05) is 17.6 Å². The van der Waals surface area contributed by atoms with Crippen LogP contribution in [-0.2, 0) is 20.1 Å². The summed E-state index contributed by atoms with van der Waals surface area (Å²) in [6.07, 6.45) is 7.76. The topological polar surface area (TPSA) is 61.8 Å². The monoisotopic (exact) mass is 290 g/mol. The van der Waals surface area contributed by atoms with Gasteiger partial charge in [-0.3, -0.25) is 13.9 Å². The van der Waals surface area contributed by atoms with Crippen molar-refractivity contribution in [3.8, 4) is 0 Å². The van der Waals surface area contributed by atoms with Crippen molar-refractivity contribution < 1.29 is 0 Å². The lowest BCUT2D eigenvalue weighted by molar-refractivity contribution is 0.595. The summed E-state index contributed by atoms with van der Waals surface area (Å²) in [7, 11) is 1.51. The van der Waals surface area contributed by atoms with E-state index in [0.29, 0.717) is 17.7 Å². The minimum Gasteiger partial charge on any atom is -0.325 e. The summed E-state index contributed by atoms with van der Waals surface area (Å²) in [5, 5.41) is 0. The second-order valence-electron chi connectivity index (χ2n) is 5.14. The summed E-state index contributed by atoms with van der Waals surface area (Å²) in [6.45, 7) is 6.82. The van der Waals surface area contributed by atoms with Crippen LogP contribution in [0.4, 0.5) is 0 Å². The number of allylic oxidation sites excluding steroid dienone is 1. The molecule has 0 bridgehead atoms. The van der Waals surface area contributed by atoms with Crippen molar-refractivity contribution in [1.29, 1.82) is 0 Å². The zero-order valence-electron chi connectivity index (χ0n) is 12.7. The normalized spacial score (nSPS) is 11.1. The molecule has 0 aromatic carbocycles. The summed E-state index contributed by atoms with van der Waals surface area (Å²) in [6, 6.07) is 0. The van der Waals surface area contributed by atoms with Gasteiger partial charge in [-0.2, -0.15) is 0 Å². The molecular formula is C15H22N4O2. The Hall–Kier alpha value is -2.11. The molecule has 0 unspecified atom stereocenters. The predicted molar refractivity (Wildman–Crippen MR) is 83.6 cm³/mol. The molecule has 21 heavy (non-hydrogen) atoms. The molecule has 0 aliphatic rings. The standard InChI is InChI=1S/C15H22N4O2/c1-4-6-7-8-9-10-18-11-16-13-12(18)14(20)17(3)15(21)19(13)5-2/h4,11H,1,5-10H2,2-3H3. The fourth-order valence-corrected chi connectivity index (χ4v) is 2.51. The van der Waals surface area contributed by atoms with Crippen molar-refractivity contribution in [3.63, 3.8) is 0 Å². The first-order valence-corrected chi connectivity index (χ1v) is 7.37. The number of nitrogens with zero attached hydrogens (tertiary/aromatic N) is 4. The molecule has 0 aliphatic heterocycles. The highest BCUT2D eigenvalue weighted by atomic mass is 16.2.